The fourth-order valence-electron chi connectivity index (χ4n) is 3.33. The normalized spacial score (nSPS) is 18.5. The zero-order valence-corrected chi connectivity index (χ0v) is 13.8. The number of hydrogen-bond acceptors (Lipinski definition) is 1. The second kappa shape index (κ2) is 5.68. The molecule has 0 N–H and O–H groups in total. The maximum absolute atomic E-state index is 13.3. The molecule has 23 heavy (non-hydrogen) atoms. The first-order chi connectivity index (χ1) is 11.2. The fraction of sp³-hybridized carbons (Fsp3) is 0.350. The highest BCUT2D eigenvalue weighted by Crippen LogP contribution is 2.51. The molecule has 3 heteroatoms. The van der Waals surface area contributed by atoms with Crippen LogP contribution in [0.1, 0.15) is 36.8 Å². The number of halogens is 1. The summed E-state index contributed by atoms with van der Waals surface area (Å²) in [6, 6.07) is 18.5. The van der Waals surface area contributed by atoms with Crippen LogP contribution in [-0.4, -0.2) is 16.8 Å². The summed E-state index contributed by atoms with van der Waals surface area (Å²) in [5, 5.41) is 0.723. The van der Waals surface area contributed by atoms with E-state index in [4.69, 9.17) is 11.6 Å². The topological polar surface area (TPSA) is 20.3 Å². The summed E-state index contributed by atoms with van der Waals surface area (Å²) >= 11 is 6.00. The molecule has 2 fully saturated rings. The van der Waals surface area contributed by atoms with Crippen molar-refractivity contribution in [2.75, 3.05) is 0 Å². The Morgan fingerprint density at radius 2 is 1.70 bits per heavy atom. The van der Waals surface area contributed by atoms with Gasteiger partial charge in [0.1, 0.15) is 0 Å². The van der Waals surface area contributed by atoms with Crippen molar-refractivity contribution in [3.05, 3.63) is 70.7 Å². The van der Waals surface area contributed by atoms with Gasteiger partial charge in [-0.15, -0.1) is 0 Å². The second-order valence-electron chi connectivity index (χ2n) is 6.74. The molecule has 2 aliphatic carbocycles. The summed E-state index contributed by atoms with van der Waals surface area (Å²) in [6.45, 7) is 0.722. The highest BCUT2D eigenvalue weighted by Gasteiger charge is 2.54. The fourth-order valence-corrected chi connectivity index (χ4v) is 3.45. The summed E-state index contributed by atoms with van der Waals surface area (Å²) in [7, 11) is 0. The van der Waals surface area contributed by atoms with E-state index >= 15 is 0 Å². The van der Waals surface area contributed by atoms with Crippen molar-refractivity contribution in [2.45, 2.75) is 43.7 Å². The van der Waals surface area contributed by atoms with E-state index in [1.54, 1.807) is 0 Å². The summed E-state index contributed by atoms with van der Waals surface area (Å²) in [5.74, 6) is 0.297. The molecule has 0 atom stereocenters. The van der Waals surface area contributed by atoms with E-state index in [0.717, 1.165) is 42.8 Å². The van der Waals surface area contributed by atoms with Gasteiger partial charge in [-0.2, -0.15) is 0 Å². The number of amides is 1. The summed E-state index contributed by atoms with van der Waals surface area (Å²) in [4.78, 5) is 15.4. The van der Waals surface area contributed by atoms with Crippen LogP contribution < -0.4 is 0 Å². The number of benzene rings is 2. The highest BCUT2D eigenvalue weighted by molar-refractivity contribution is 6.30. The van der Waals surface area contributed by atoms with Gasteiger partial charge >= 0.3 is 0 Å². The van der Waals surface area contributed by atoms with Crippen LogP contribution in [0.3, 0.4) is 0 Å². The number of carbonyl (C=O) groups is 1. The summed E-state index contributed by atoms with van der Waals surface area (Å²) in [5.41, 5.74) is 2.02. The van der Waals surface area contributed by atoms with Gasteiger partial charge in [-0.25, -0.2) is 0 Å². The lowest BCUT2D eigenvalue weighted by Crippen LogP contribution is -2.40. The molecule has 1 amide bonds. The third kappa shape index (κ3) is 2.88. The van der Waals surface area contributed by atoms with Crippen molar-refractivity contribution in [1.29, 1.82) is 0 Å². The van der Waals surface area contributed by atoms with Gasteiger partial charge in [0, 0.05) is 17.6 Å². The predicted molar refractivity (Wildman–Crippen MR) is 92.4 cm³/mol. The Kier molecular flexibility index (Phi) is 3.65. The van der Waals surface area contributed by atoms with Crippen LogP contribution in [0.15, 0.2) is 54.6 Å². The molecule has 2 aromatic carbocycles. The molecule has 2 saturated carbocycles. The first-order valence-corrected chi connectivity index (χ1v) is 8.68. The maximum atomic E-state index is 13.3. The van der Waals surface area contributed by atoms with E-state index in [9.17, 15) is 4.79 Å². The Labute approximate surface area is 142 Å². The molecule has 2 aliphatic rings. The molecule has 0 unspecified atom stereocenters. The summed E-state index contributed by atoms with van der Waals surface area (Å²) < 4.78 is 0. The van der Waals surface area contributed by atoms with Crippen molar-refractivity contribution in [3.63, 3.8) is 0 Å². The van der Waals surface area contributed by atoms with Crippen molar-refractivity contribution in [2.24, 2.45) is 0 Å². The Hall–Kier alpha value is -1.80. The molecular weight excluding hydrogens is 306 g/mol. The van der Waals surface area contributed by atoms with Crippen molar-refractivity contribution >= 4 is 17.5 Å². The zero-order chi connectivity index (χ0) is 15.9. The largest absolute Gasteiger partial charge is 0.335 e. The van der Waals surface area contributed by atoms with Gasteiger partial charge in [0.05, 0.1) is 5.41 Å². The first-order valence-electron chi connectivity index (χ1n) is 8.30. The lowest BCUT2D eigenvalue weighted by Gasteiger charge is -2.28. The van der Waals surface area contributed by atoms with E-state index < -0.39 is 0 Å². The smallest absolute Gasteiger partial charge is 0.233 e. The minimum Gasteiger partial charge on any atom is -0.335 e. The average molecular weight is 326 g/mol. The van der Waals surface area contributed by atoms with E-state index in [1.165, 1.54) is 5.56 Å². The van der Waals surface area contributed by atoms with Crippen LogP contribution in [0.4, 0.5) is 0 Å². The maximum Gasteiger partial charge on any atom is 0.233 e. The molecule has 0 radical (unpaired) electrons. The number of carbonyl (C=O) groups excluding carboxylic acids is 1. The molecular formula is C20H20ClNO. The molecule has 0 aliphatic heterocycles. The van der Waals surface area contributed by atoms with Crippen LogP contribution >= 0.6 is 11.6 Å². The van der Waals surface area contributed by atoms with Crippen molar-refractivity contribution < 1.29 is 4.79 Å². The Bertz CT molecular complexity index is 702. The van der Waals surface area contributed by atoms with Crippen molar-refractivity contribution in [1.82, 2.24) is 4.90 Å². The third-order valence-electron chi connectivity index (χ3n) is 5.00. The predicted octanol–water partition coefficient (Wildman–Crippen LogP) is 4.56. The summed E-state index contributed by atoms with van der Waals surface area (Å²) in [6.07, 6.45) is 4.17. The number of rotatable bonds is 5. The van der Waals surface area contributed by atoms with Crippen LogP contribution in [0.2, 0.25) is 5.02 Å². The van der Waals surface area contributed by atoms with Crippen LogP contribution in [0, 0.1) is 0 Å². The first kappa shape index (κ1) is 14.8. The number of nitrogens with zero attached hydrogens (tertiary/aromatic N) is 1. The minimum atomic E-state index is -0.304. The standard InChI is InChI=1S/C20H20ClNO/c21-17-8-6-16(7-9-17)20(12-13-20)19(23)22(18-10-11-18)14-15-4-2-1-3-5-15/h1-9,18H,10-14H2. The van der Waals surface area contributed by atoms with E-state index in [0.29, 0.717) is 11.9 Å². The Morgan fingerprint density at radius 1 is 1.04 bits per heavy atom. The quantitative estimate of drug-likeness (QED) is 0.789. The highest BCUT2D eigenvalue weighted by atomic mass is 35.5. The van der Waals surface area contributed by atoms with Gasteiger partial charge in [0.25, 0.3) is 0 Å². The Morgan fingerprint density at radius 3 is 2.26 bits per heavy atom. The van der Waals surface area contributed by atoms with Crippen LogP contribution in [0.25, 0.3) is 0 Å². The Balaban J connectivity index is 1.59. The van der Waals surface area contributed by atoms with Gasteiger partial charge in [-0.05, 0) is 48.9 Å². The molecule has 118 valence electrons. The molecule has 4 rings (SSSR count). The van der Waals surface area contributed by atoms with Crippen molar-refractivity contribution in [3.8, 4) is 0 Å². The van der Waals surface area contributed by atoms with Crippen LogP contribution in [0.5, 0.6) is 0 Å². The van der Waals surface area contributed by atoms with E-state index in [2.05, 4.69) is 17.0 Å². The van der Waals surface area contributed by atoms with E-state index in [1.807, 2.05) is 42.5 Å². The number of hydrogen-bond donors (Lipinski definition) is 0. The van der Waals surface area contributed by atoms with Gasteiger partial charge < -0.3 is 4.90 Å². The molecule has 2 nitrogen and oxygen atoms in total. The van der Waals surface area contributed by atoms with E-state index in [-0.39, 0.29) is 5.41 Å². The molecule has 0 bridgehead atoms. The lowest BCUT2D eigenvalue weighted by atomic mass is 9.94. The average Bonchev–Trinajstić information content (AvgIpc) is 3.47. The van der Waals surface area contributed by atoms with Gasteiger partial charge in [-0.1, -0.05) is 54.1 Å². The molecule has 0 saturated heterocycles. The second-order valence-corrected chi connectivity index (χ2v) is 7.18. The van der Waals surface area contributed by atoms with Gasteiger partial charge in [-0.3, -0.25) is 4.79 Å². The molecule has 0 heterocycles. The van der Waals surface area contributed by atoms with Gasteiger partial charge in [0.15, 0.2) is 0 Å². The monoisotopic (exact) mass is 325 g/mol. The van der Waals surface area contributed by atoms with Gasteiger partial charge in [0.2, 0.25) is 5.91 Å². The molecule has 2 aromatic rings. The van der Waals surface area contributed by atoms with Crippen LogP contribution in [-0.2, 0) is 16.8 Å². The zero-order valence-electron chi connectivity index (χ0n) is 13.0. The third-order valence-corrected chi connectivity index (χ3v) is 5.25. The SMILES string of the molecule is O=C(N(Cc1ccccc1)C1CC1)C1(c2ccc(Cl)cc2)CC1. The molecule has 0 aromatic heterocycles. The molecule has 0 spiro atoms. The lowest BCUT2D eigenvalue weighted by molar-refractivity contribution is -0.135. The minimum absolute atomic E-state index is 0.297.